The zero-order valence-corrected chi connectivity index (χ0v) is 17.6. The summed E-state index contributed by atoms with van der Waals surface area (Å²) in [6.07, 6.45) is 1.33. The van der Waals surface area contributed by atoms with Crippen LogP contribution in [0.3, 0.4) is 0 Å². The van der Waals surface area contributed by atoms with Gasteiger partial charge in [0.15, 0.2) is 0 Å². The number of carbonyl (C=O) groups excluding carboxylic acids is 2. The van der Waals surface area contributed by atoms with Crippen LogP contribution in [0.4, 0.5) is 5.69 Å². The van der Waals surface area contributed by atoms with E-state index < -0.39 is 0 Å². The van der Waals surface area contributed by atoms with Crippen molar-refractivity contribution in [1.29, 1.82) is 0 Å². The van der Waals surface area contributed by atoms with Gasteiger partial charge in [0.1, 0.15) is 5.75 Å². The standard InChI is InChI=1S/C26H26N2O3/c1-31-24-13-11-23(12-14-24)27-25(29)21-15-17-28(18-16-21)26(30)22-9-7-20(8-10-22)19-5-3-2-4-6-19/h2-14,21H,15-18H2,1H3,(H,27,29). The number of nitrogens with zero attached hydrogens (tertiary/aromatic N) is 1. The van der Waals surface area contributed by atoms with Crippen molar-refractivity contribution in [2.75, 3.05) is 25.5 Å². The van der Waals surface area contributed by atoms with Crippen molar-refractivity contribution >= 4 is 17.5 Å². The van der Waals surface area contributed by atoms with Gasteiger partial charge in [0.2, 0.25) is 5.91 Å². The van der Waals surface area contributed by atoms with Crippen LogP contribution in [0.5, 0.6) is 5.75 Å². The van der Waals surface area contributed by atoms with Crippen LogP contribution in [0.1, 0.15) is 23.2 Å². The van der Waals surface area contributed by atoms with E-state index in [1.54, 1.807) is 7.11 Å². The monoisotopic (exact) mass is 414 g/mol. The van der Waals surface area contributed by atoms with Crippen molar-refractivity contribution in [2.45, 2.75) is 12.8 Å². The Morgan fingerprint density at radius 1 is 0.839 bits per heavy atom. The molecule has 1 heterocycles. The molecule has 158 valence electrons. The Morgan fingerprint density at radius 2 is 1.45 bits per heavy atom. The fraction of sp³-hybridized carbons (Fsp3) is 0.231. The number of ether oxygens (including phenoxy) is 1. The zero-order valence-electron chi connectivity index (χ0n) is 17.6. The third kappa shape index (κ3) is 4.94. The van der Waals surface area contributed by atoms with Crippen LogP contribution in [-0.4, -0.2) is 36.9 Å². The lowest BCUT2D eigenvalue weighted by Gasteiger charge is -2.31. The highest BCUT2D eigenvalue weighted by molar-refractivity contribution is 5.95. The van der Waals surface area contributed by atoms with E-state index in [-0.39, 0.29) is 17.7 Å². The van der Waals surface area contributed by atoms with Crippen molar-refractivity contribution in [3.05, 3.63) is 84.4 Å². The minimum Gasteiger partial charge on any atom is -0.497 e. The predicted octanol–water partition coefficient (Wildman–Crippen LogP) is 4.85. The van der Waals surface area contributed by atoms with Crippen LogP contribution in [0, 0.1) is 5.92 Å². The predicted molar refractivity (Wildman–Crippen MR) is 122 cm³/mol. The summed E-state index contributed by atoms with van der Waals surface area (Å²) in [4.78, 5) is 27.3. The van der Waals surface area contributed by atoms with Crippen molar-refractivity contribution in [3.63, 3.8) is 0 Å². The molecule has 31 heavy (non-hydrogen) atoms. The number of hydrogen-bond donors (Lipinski definition) is 1. The van der Waals surface area contributed by atoms with E-state index in [4.69, 9.17) is 4.74 Å². The summed E-state index contributed by atoms with van der Waals surface area (Å²) in [5.41, 5.74) is 3.65. The summed E-state index contributed by atoms with van der Waals surface area (Å²) in [5.74, 6) is 0.686. The van der Waals surface area contributed by atoms with Gasteiger partial charge in [-0.2, -0.15) is 0 Å². The van der Waals surface area contributed by atoms with E-state index in [1.165, 1.54) is 0 Å². The molecule has 5 nitrogen and oxygen atoms in total. The van der Waals surface area contributed by atoms with Gasteiger partial charge in [-0.3, -0.25) is 9.59 Å². The summed E-state index contributed by atoms with van der Waals surface area (Å²) >= 11 is 0. The topological polar surface area (TPSA) is 58.6 Å². The third-order valence-corrected chi connectivity index (χ3v) is 5.75. The highest BCUT2D eigenvalue weighted by Gasteiger charge is 2.28. The molecule has 3 aromatic rings. The van der Waals surface area contributed by atoms with Gasteiger partial charge in [0.25, 0.3) is 5.91 Å². The Balaban J connectivity index is 1.31. The lowest BCUT2D eigenvalue weighted by Crippen LogP contribution is -2.41. The van der Waals surface area contributed by atoms with Crippen molar-refractivity contribution in [2.24, 2.45) is 5.92 Å². The number of rotatable bonds is 5. The minimum atomic E-state index is -0.0911. The van der Waals surface area contributed by atoms with E-state index in [1.807, 2.05) is 71.6 Å². The van der Waals surface area contributed by atoms with Crippen molar-refractivity contribution in [3.8, 4) is 16.9 Å². The van der Waals surface area contributed by atoms with Crippen molar-refractivity contribution in [1.82, 2.24) is 4.90 Å². The molecule has 1 aliphatic rings. The van der Waals surface area contributed by atoms with Crippen LogP contribution in [0.25, 0.3) is 11.1 Å². The number of piperidine rings is 1. The summed E-state index contributed by atoms with van der Waals surface area (Å²) in [5, 5.41) is 2.96. The molecule has 0 saturated carbocycles. The zero-order chi connectivity index (χ0) is 21.6. The van der Waals surface area contributed by atoms with Gasteiger partial charge < -0.3 is 15.0 Å². The summed E-state index contributed by atoms with van der Waals surface area (Å²) in [6, 6.07) is 25.1. The SMILES string of the molecule is COc1ccc(NC(=O)C2CCN(C(=O)c3ccc(-c4ccccc4)cc3)CC2)cc1. The highest BCUT2D eigenvalue weighted by Crippen LogP contribution is 2.24. The molecule has 3 aromatic carbocycles. The maximum Gasteiger partial charge on any atom is 0.253 e. The first-order valence-corrected chi connectivity index (χ1v) is 10.5. The molecular formula is C26H26N2O3. The number of methoxy groups -OCH3 is 1. The quantitative estimate of drug-likeness (QED) is 0.649. The fourth-order valence-corrected chi connectivity index (χ4v) is 3.88. The second-order valence-corrected chi connectivity index (χ2v) is 7.73. The van der Waals surface area contributed by atoms with E-state index in [2.05, 4.69) is 17.4 Å². The number of amides is 2. The van der Waals surface area contributed by atoms with E-state index >= 15 is 0 Å². The molecule has 1 fully saturated rings. The first-order valence-electron chi connectivity index (χ1n) is 10.5. The molecule has 5 heteroatoms. The lowest BCUT2D eigenvalue weighted by atomic mass is 9.95. The normalized spacial score (nSPS) is 14.2. The molecule has 1 N–H and O–H groups in total. The third-order valence-electron chi connectivity index (χ3n) is 5.75. The van der Waals surface area contributed by atoms with Crippen LogP contribution in [-0.2, 0) is 4.79 Å². The number of likely N-dealkylation sites (tertiary alicyclic amines) is 1. The van der Waals surface area contributed by atoms with Crippen molar-refractivity contribution < 1.29 is 14.3 Å². The number of carbonyl (C=O) groups is 2. The molecule has 0 atom stereocenters. The summed E-state index contributed by atoms with van der Waals surface area (Å²) < 4.78 is 5.14. The van der Waals surface area contributed by atoms with Crippen LogP contribution < -0.4 is 10.1 Å². The van der Waals surface area contributed by atoms with Gasteiger partial charge in [-0.15, -0.1) is 0 Å². The second kappa shape index (κ2) is 9.47. The average Bonchev–Trinajstić information content (AvgIpc) is 2.85. The maximum absolute atomic E-state index is 12.9. The molecule has 2 amide bonds. The second-order valence-electron chi connectivity index (χ2n) is 7.73. The molecule has 0 unspecified atom stereocenters. The first kappa shape index (κ1) is 20.7. The molecular weight excluding hydrogens is 388 g/mol. The first-order chi connectivity index (χ1) is 15.1. The largest absolute Gasteiger partial charge is 0.497 e. The smallest absolute Gasteiger partial charge is 0.253 e. The molecule has 0 spiro atoms. The Morgan fingerprint density at radius 3 is 2.06 bits per heavy atom. The molecule has 0 aromatic heterocycles. The molecule has 0 bridgehead atoms. The van der Waals surface area contributed by atoms with Gasteiger partial charge in [-0.25, -0.2) is 0 Å². The molecule has 1 saturated heterocycles. The number of benzene rings is 3. The van der Waals surface area contributed by atoms with Gasteiger partial charge in [0, 0.05) is 30.3 Å². The van der Waals surface area contributed by atoms with Crippen LogP contribution in [0.15, 0.2) is 78.9 Å². The van der Waals surface area contributed by atoms with E-state index in [0.717, 1.165) is 22.6 Å². The maximum atomic E-state index is 12.9. The molecule has 4 rings (SSSR count). The summed E-state index contributed by atoms with van der Waals surface area (Å²) in [7, 11) is 1.61. The molecule has 1 aliphatic heterocycles. The van der Waals surface area contributed by atoms with Gasteiger partial charge >= 0.3 is 0 Å². The summed E-state index contributed by atoms with van der Waals surface area (Å²) in [6.45, 7) is 1.17. The average molecular weight is 415 g/mol. The number of nitrogens with one attached hydrogen (secondary N) is 1. The van der Waals surface area contributed by atoms with Crippen LogP contribution in [0.2, 0.25) is 0 Å². The van der Waals surface area contributed by atoms with E-state index in [9.17, 15) is 9.59 Å². The van der Waals surface area contributed by atoms with E-state index in [0.29, 0.717) is 31.5 Å². The molecule has 0 aliphatic carbocycles. The molecule has 0 radical (unpaired) electrons. The Bertz CT molecular complexity index is 1020. The highest BCUT2D eigenvalue weighted by atomic mass is 16.5. The van der Waals surface area contributed by atoms with Gasteiger partial charge in [0.05, 0.1) is 7.11 Å². The Kier molecular flexibility index (Phi) is 6.32. The Labute approximate surface area is 182 Å². The lowest BCUT2D eigenvalue weighted by molar-refractivity contribution is -0.121. The fourth-order valence-electron chi connectivity index (χ4n) is 3.88. The minimum absolute atomic E-state index is 0.00415. The Hall–Kier alpha value is -3.60. The van der Waals surface area contributed by atoms with Gasteiger partial charge in [-0.1, -0.05) is 42.5 Å². The van der Waals surface area contributed by atoms with Crippen LogP contribution >= 0.6 is 0 Å². The van der Waals surface area contributed by atoms with Gasteiger partial charge in [-0.05, 0) is 60.4 Å². The number of anilines is 1. The number of hydrogen-bond acceptors (Lipinski definition) is 3.